The Balaban J connectivity index is 1.37. The fourth-order valence-electron chi connectivity index (χ4n) is 3.68. The summed E-state index contributed by atoms with van der Waals surface area (Å²) in [6.45, 7) is 0.707. The van der Waals surface area contributed by atoms with E-state index in [1.165, 1.54) is 10.9 Å². The highest BCUT2D eigenvalue weighted by Crippen LogP contribution is 2.30. The first-order chi connectivity index (χ1) is 14.2. The first-order valence-electron chi connectivity index (χ1n) is 9.78. The average molecular weight is 388 g/mol. The smallest absolute Gasteiger partial charge is 0.224 e. The van der Waals surface area contributed by atoms with E-state index in [0.29, 0.717) is 23.9 Å². The van der Waals surface area contributed by atoms with Gasteiger partial charge >= 0.3 is 0 Å². The van der Waals surface area contributed by atoms with Crippen LogP contribution in [0.4, 0.5) is 11.8 Å². The molecule has 0 radical (unpaired) electrons. The van der Waals surface area contributed by atoms with Gasteiger partial charge in [0.25, 0.3) is 0 Å². The van der Waals surface area contributed by atoms with E-state index in [-0.39, 0.29) is 17.9 Å². The molecule has 148 valence electrons. The van der Waals surface area contributed by atoms with Crippen molar-refractivity contribution in [3.63, 3.8) is 0 Å². The number of nitrogens with zero attached hydrogens (tertiary/aromatic N) is 2. The van der Waals surface area contributed by atoms with E-state index in [1.807, 2.05) is 18.3 Å². The number of hydrogen-bond acceptors (Lipinski definition) is 5. The van der Waals surface area contributed by atoms with Crippen LogP contribution in [-0.4, -0.2) is 40.5 Å². The Morgan fingerprint density at radius 1 is 1.34 bits per heavy atom. The molecule has 29 heavy (non-hydrogen) atoms. The Morgan fingerprint density at radius 3 is 2.97 bits per heavy atom. The lowest BCUT2D eigenvalue weighted by molar-refractivity contribution is -0.127. The standard InChI is InChI=1S/C22H24N6O/c1-3-14-12-26-22(28-20(14)27-17-10-16(11-17)21(29)23-2)24-9-8-15-13-25-19-7-5-4-6-18(15)19/h1,4-7,12-13,16-17,25H,8-11H2,2H3,(H,23,29)(H2,24,26,27,28)/t16-,17+. The first-order valence-corrected chi connectivity index (χ1v) is 9.78. The summed E-state index contributed by atoms with van der Waals surface area (Å²) in [7, 11) is 1.66. The number of aromatic nitrogens is 3. The number of anilines is 2. The zero-order valence-electron chi connectivity index (χ0n) is 16.3. The molecule has 1 amide bonds. The van der Waals surface area contributed by atoms with E-state index in [1.54, 1.807) is 13.2 Å². The highest BCUT2D eigenvalue weighted by atomic mass is 16.1. The largest absolute Gasteiger partial charge is 0.366 e. The third-order valence-corrected chi connectivity index (χ3v) is 5.39. The maximum Gasteiger partial charge on any atom is 0.224 e. The summed E-state index contributed by atoms with van der Waals surface area (Å²) in [4.78, 5) is 23.8. The minimum atomic E-state index is 0.0578. The molecule has 0 bridgehead atoms. The summed E-state index contributed by atoms with van der Waals surface area (Å²) in [5.41, 5.74) is 3.01. The SMILES string of the molecule is C#Cc1cnc(NCCc2c[nH]c3ccccc23)nc1N[C@H]1C[C@@H](C(=O)NC)C1. The summed E-state index contributed by atoms with van der Waals surface area (Å²) in [5.74, 6) is 3.94. The molecule has 1 aliphatic rings. The van der Waals surface area contributed by atoms with E-state index in [0.717, 1.165) is 24.8 Å². The van der Waals surface area contributed by atoms with E-state index in [2.05, 4.69) is 49.0 Å². The minimum absolute atomic E-state index is 0.0578. The molecule has 2 aromatic heterocycles. The Bertz CT molecular complexity index is 1060. The number of aromatic amines is 1. The molecular weight excluding hydrogens is 364 g/mol. The second kappa shape index (κ2) is 8.23. The molecule has 1 saturated carbocycles. The number of para-hydroxylation sites is 1. The number of hydrogen-bond donors (Lipinski definition) is 4. The number of amides is 1. The number of fused-ring (bicyclic) bond motifs is 1. The maximum atomic E-state index is 11.7. The third kappa shape index (κ3) is 4.02. The van der Waals surface area contributed by atoms with Crippen molar-refractivity contribution in [3.8, 4) is 12.3 Å². The van der Waals surface area contributed by atoms with Crippen molar-refractivity contribution < 1.29 is 4.79 Å². The number of carbonyl (C=O) groups excluding carboxylic acids is 1. The van der Waals surface area contributed by atoms with Gasteiger partial charge in [0, 0.05) is 42.7 Å². The molecule has 4 N–H and O–H groups in total. The van der Waals surface area contributed by atoms with Crippen LogP contribution in [0.2, 0.25) is 0 Å². The maximum absolute atomic E-state index is 11.7. The van der Waals surface area contributed by atoms with E-state index in [9.17, 15) is 4.79 Å². The summed E-state index contributed by atoms with van der Waals surface area (Å²) in [6.07, 6.45) is 11.7. The Hall–Kier alpha value is -3.53. The normalized spacial score (nSPS) is 17.9. The van der Waals surface area contributed by atoms with Gasteiger partial charge in [0.2, 0.25) is 11.9 Å². The minimum Gasteiger partial charge on any atom is -0.366 e. The number of terminal acetylenes is 1. The zero-order valence-corrected chi connectivity index (χ0v) is 16.3. The van der Waals surface area contributed by atoms with Crippen molar-refractivity contribution in [2.45, 2.75) is 25.3 Å². The van der Waals surface area contributed by atoms with Crippen LogP contribution in [0.25, 0.3) is 10.9 Å². The molecule has 1 aliphatic carbocycles. The second-order valence-electron chi connectivity index (χ2n) is 7.26. The number of carbonyl (C=O) groups is 1. The zero-order chi connectivity index (χ0) is 20.2. The predicted molar refractivity (Wildman–Crippen MR) is 115 cm³/mol. The van der Waals surface area contributed by atoms with Crippen LogP contribution < -0.4 is 16.0 Å². The molecular formula is C22H24N6O. The van der Waals surface area contributed by atoms with Gasteiger partial charge in [-0.15, -0.1) is 6.42 Å². The van der Waals surface area contributed by atoms with E-state index < -0.39 is 0 Å². The molecule has 4 rings (SSSR count). The van der Waals surface area contributed by atoms with Crippen molar-refractivity contribution in [1.82, 2.24) is 20.3 Å². The molecule has 7 nitrogen and oxygen atoms in total. The van der Waals surface area contributed by atoms with Crippen molar-refractivity contribution >= 4 is 28.6 Å². The Morgan fingerprint density at radius 2 is 2.17 bits per heavy atom. The van der Waals surface area contributed by atoms with Gasteiger partial charge in [0.15, 0.2) is 0 Å². The van der Waals surface area contributed by atoms with Crippen LogP contribution in [0, 0.1) is 18.3 Å². The van der Waals surface area contributed by atoms with Crippen LogP contribution in [-0.2, 0) is 11.2 Å². The Kier molecular flexibility index (Phi) is 5.34. The van der Waals surface area contributed by atoms with Crippen LogP contribution >= 0.6 is 0 Å². The van der Waals surface area contributed by atoms with Gasteiger partial charge < -0.3 is 20.9 Å². The molecule has 0 saturated heterocycles. The van der Waals surface area contributed by atoms with Crippen molar-refractivity contribution in [1.29, 1.82) is 0 Å². The van der Waals surface area contributed by atoms with Crippen LogP contribution in [0.15, 0.2) is 36.7 Å². The second-order valence-corrected chi connectivity index (χ2v) is 7.26. The fourth-order valence-corrected chi connectivity index (χ4v) is 3.68. The lowest BCUT2D eigenvalue weighted by Crippen LogP contribution is -2.43. The Labute approximate surface area is 169 Å². The van der Waals surface area contributed by atoms with E-state index >= 15 is 0 Å². The molecule has 0 unspecified atom stereocenters. The summed E-state index contributed by atoms with van der Waals surface area (Å²) >= 11 is 0. The van der Waals surface area contributed by atoms with Crippen LogP contribution in [0.5, 0.6) is 0 Å². The van der Waals surface area contributed by atoms with Gasteiger partial charge in [-0.25, -0.2) is 4.98 Å². The molecule has 2 heterocycles. The number of nitrogens with one attached hydrogen (secondary N) is 4. The van der Waals surface area contributed by atoms with E-state index in [4.69, 9.17) is 6.42 Å². The highest BCUT2D eigenvalue weighted by Gasteiger charge is 2.34. The van der Waals surface area contributed by atoms with Crippen molar-refractivity contribution in [3.05, 3.63) is 47.8 Å². The quantitative estimate of drug-likeness (QED) is 0.467. The third-order valence-electron chi connectivity index (χ3n) is 5.39. The topological polar surface area (TPSA) is 94.7 Å². The van der Waals surface area contributed by atoms with Gasteiger partial charge in [-0.1, -0.05) is 24.1 Å². The molecule has 1 aromatic carbocycles. The summed E-state index contributed by atoms with van der Waals surface area (Å²) in [5, 5.41) is 10.6. The van der Waals surface area contributed by atoms with Gasteiger partial charge in [0.05, 0.1) is 11.8 Å². The van der Waals surface area contributed by atoms with Gasteiger partial charge in [-0.05, 0) is 30.9 Å². The summed E-state index contributed by atoms with van der Waals surface area (Å²) in [6, 6.07) is 8.45. The number of benzene rings is 1. The van der Waals surface area contributed by atoms with Crippen LogP contribution in [0.3, 0.4) is 0 Å². The molecule has 0 spiro atoms. The molecule has 7 heteroatoms. The van der Waals surface area contributed by atoms with Gasteiger partial charge in [-0.3, -0.25) is 4.79 Å². The molecule has 0 atom stereocenters. The molecule has 1 fully saturated rings. The first kappa shape index (κ1) is 18.8. The van der Waals surface area contributed by atoms with Crippen molar-refractivity contribution in [2.24, 2.45) is 5.92 Å². The van der Waals surface area contributed by atoms with Crippen molar-refractivity contribution in [2.75, 3.05) is 24.2 Å². The lowest BCUT2D eigenvalue weighted by Gasteiger charge is -2.35. The van der Waals surface area contributed by atoms with Crippen LogP contribution in [0.1, 0.15) is 24.0 Å². The lowest BCUT2D eigenvalue weighted by atomic mass is 9.79. The molecule has 3 aromatic rings. The van der Waals surface area contributed by atoms with Gasteiger partial charge in [-0.2, -0.15) is 4.98 Å². The number of H-pyrrole nitrogens is 1. The average Bonchev–Trinajstić information content (AvgIpc) is 3.13. The predicted octanol–water partition coefficient (Wildman–Crippen LogP) is 2.53. The van der Waals surface area contributed by atoms with Gasteiger partial charge in [0.1, 0.15) is 5.82 Å². The fraction of sp³-hybridized carbons (Fsp3) is 0.318. The monoisotopic (exact) mass is 388 g/mol. The summed E-state index contributed by atoms with van der Waals surface area (Å²) < 4.78 is 0. The highest BCUT2D eigenvalue weighted by molar-refractivity contribution is 5.83. The number of rotatable bonds is 7. The molecule has 0 aliphatic heterocycles.